The number of halogens is 3. The number of benzene rings is 2. The van der Waals surface area contributed by atoms with E-state index in [2.05, 4.69) is 22.6 Å². The second-order valence-electron chi connectivity index (χ2n) is 4.73. The summed E-state index contributed by atoms with van der Waals surface area (Å²) in [6, 6.07) is 7.33. The molecule has 2 aromatic rings. The third kappa shape index (κ3) is 4.51. The van der Waals surface area contributed by atoms with Gasteiger partial charge in [-0.2, -0.15) is 0 Å². The van der Waals surface area contributed by atoms with Crippen LogP contribution < -0.4 is 9.47 Å². The maximum atomic E-state index is 13.1. The van der Waals surface area contributed by atoms with Gasteiger partial charge in [-0.05, 0) is 53.8 Å². The number of esters is 1. The van der Waals surface area contributed by atoms with Crippen LogP contribution in [0.15, 0.2) is 30.3 Å². The molecule has 4 nitrogen and oxygen atoms in total. The molecule has 0 atom stereocenters. The Bertz CT molecular complexity index is 752. The summed E-state index contributed by atoms with van der Waals surface area (Å²) in [5.74, 6) is 0.0614. The lowest BCUT2D eigenvalue weighted by molar-refractivity contribution is 0.0600. The van der Waals surface area contributed by atoms with Gasteiger partial charge in [0.1, 0.15) is 12.4 Å². The third-order valence-corrected chi connectivity index (χ3v) is 4.27. The quantitative estimate of drug-likeness (QED) is 0.453. The summed E-state index contributed by atoms with van der Waals surface area (Å²) in [5.41, 5.74) is 1.02. The van der Waals surface area contributed by atoms with Gasteiger partial charge in [-0.15, -0.1) is 0 Å². The van der Waals surface area contributed by atoms with Gasteiger partial charge in [0.15, 0.2) is 11.5 Å². The number of methoxy groups -OCH3 is 1. The number of hydrogen-bond donors (Lipinski definition) is 0. The molecule has 0 aromatic heterocycles. The number of carbonyl (C=O) groups is 1. The van der Waals surface area contributed by atoms with Crippen LogP contribution in [0.4, 0.5) is 4.39 Å². The van der Waals surface area contributed by atoms with Gasteiger partial charge in [0.2, 0.25) is 0 Å². The lowest BCUT2D eigenvalue weighted by Crippen LogP contribution is -2.06. The molecule has 2 aromatic carbocycles. The van der Waals surface area contributed by atoms with Gasteiger partial charge in [-0.3, -0.25) is 0 Å². The van der Waals surface area contributed by atoms with Crippen LogP contribution in [-0.4, -0.2) is 19.7 Å². The van der Waals surface area contributed by atoms with Crippen LogP contribution in [0.1, 0.15) is 22.8 Å². The molecular formula is C17H15ClFIO4. The number of ether oxygens (including phenoxy) is 3. The van der Waals surface area contributed by atoms with Gasteiger partial charge in [-0.1, -0.05) is 17.7 Å². The zero-order chi connectivity index (χ0) is 17.7. The molecule has 0 unspecified atom stereocenters. The van der Waals surface area contributed by atoms with Crippen molar-refractivity contribution in [2.45, 2.75) is 13.5 Å². The molecule has 2 rings (SSSR count). The fourth-order valence-electron chi connectivity index (χ4n) is 2.00. The second kappa shape index (κ2) is 8.53. The van der Waals surface area contributed by atoms with E-state index in [4.69, 9.17) is 25.8 Å². The van der Waals surface area contributed by atoms with E-state index in [9.17, 15) is 9.18 Å². The maximum Gasteiger partial charge on any atom is 0.338 e. The van der Waals surface area contributed by atoms with Crippen molar-refractivity contribution in [3.63, 3.8) is 0 Å². The third-order valence-electron chi connectivity index (χ3n) is 3.12. The molecule has 0 saturated heterocycles. The Hall–Kier alpha value is -1.54. The summed E-state index contributed by atoms with van der Waals surface area (Å²) in [6.45, 7) is 2.39. The van der Waals surface area contributed by atoms with Gasteiger partial charge in [0.25, 0.3) is 0 Å². The van der Waals surface area contributed by atoms with E-state index in [1.54, 1.807) is 18.2 Å². The molecule has 0 saturated carbocycles. The molecular weight excluding hydrogens is 450 g/mol. The predicted octanol–water partition coefficient (Wildman–Crippen LogP) is 4.85. The lowest BCUT2D eigenvalue weighted by Gasteiger charge is -2.15. The van der Waals surface area contributed by atoms with Gasteiger partial charge in [0.05, 0.1) is 27.9 Å². The SMILES string of the molecule is CCOc1cc(C(=O)OC)cc(I)c1OCc1ccc(F)cc1Cl. The normalized spacial score (nSPS) is 10.4. The van der Waals surface area contributed by atoms with Crippen LogP contribution in [0.25, 0.3) is 0 Å². The molecule has 0 fully saturated rings. The number of hydrogen-bond acceptors (Lipinski definition) is 4. The molecule has 0 N–H and O–H groups in total. The molecule has 24 heavy (non-hydrogen) atoms. The zero-order valence-corrected chi connectivity index (χ0v) is 16.0. The first-order valence-corrected chi connectivity index (χ1v) is 8.53. The first kappa shape index (κ1) is 18.8. The van der Waals surface area contributed by atoms with E-state index in [1.807, 2.05) is 6.92 Å². The molecule has 0 aliphatic rings. The van der Waals surface area contributed by atoms with Crippen molar-refractivity contribution >= 4 is 40.2 Å². The first-order valence-electron chi connectivity index (χ1n) is 7.07. The van der Waals surface area contributed by atoms with Crippen molar-refractivity contribution in [2.75, 3.05) is 13.7 Å². The molecule has 0 amide bonds. The van der Waals surface area contributed by atoms with Crippen molar-refractivity contribution in [3.8, 4) is 11.5 Å². The average Bonchev–Trinajstić information content (AvgIpc) is 2.55. The highest BCUT2D eigenvalue weighted by Gasteiger charge is 2.17. The minimum absolute atomic E-state index is 0.146. The Morgan fingerprint density at radius 1 is 1.25 bits per heavy atom. The van der Waals surface area contributed by atoms with E-state index in [1.165, 1.54) is 19.2 Å². The minimum Gasteiger partial charge on any atom is -0.490 e. The van der Waals surface area contributed by atoms with Crippen molar-refractivity contribution in [1.29, 1.82) is 0 Å². The monoisotopic (exact) mass is 464 g/mol. The van der Waals surface area contributed by atoms with Crippen LogP contribution in [0.3, 0.4) is 0 Å². The summed E-state index contributed by atoms with van der Waals surface area (Å²) in [7, 11) is 1.32. The van der Waals surface area contributed by atoms with Gasteiger partial charge < -0.3 is 14.2 Å². The second-order valence-corrected chi connectivity index (χ2v) is 6.30. The fourth-order valence-corrected chi connectivity index (χ4v) is 2.97. The summed E-state index contributed by atoms with van der Waals surface area (Å²) >= 11 is 8.06. The largest absolute Gasteiger partial charge is 0.490 e. The van der Waals surface area contributed by atoms with E-state index >= 15 is 0 Å². The Morgan fingerprint density at radius 2 is 2.00 bits per heavy atom. The maximum absolute atomic E-state index is 13.1. The fraction of sp³-hybridized carbons (Fsp3) is 0.235. The highest BCUT2D eigenvalue weighted by atomic mass is 127. The summed E-state index contributed by atoms with van der Waals surface area (Å²) in [6.07, 6.45) is 0. The van der Waals surface area contributed by atoms with Crippen molar-refractivity contribution in [2.24, 2.45) is 0 Å². The molecule has 0 bridgehead atoms. The molecule has 0 spiro atoms. The average molecular weight is 465 g/mol. The molecule has 0 heterocycles. The lowest BCUT2D eigenvalue weighted by atomic mass is 10.2. The molecule has 0 aliphatic heterocycles. The summed E-state index contributed by atoms with van der Waals surface area (Å²) in [4.78, 5) is 11.7. The Balaban J connectivity index is 2.29. The van der Waals surface area contributed by atoms with Crippen molar-refractivity contribution < 1.29 is 23.4 Å². The Labute approximate surface area is 158 Å². The highest BCUT2D eigenvalue weighted by molar-refractivity contribution is 14.1. The minimum atomic E-state index is -0.456. The standard InChI is InChI=1S/C17H15ClFIO4/c1-3-23-15-7-11(17(21)22-2)6-14(20)16(15)24-9-10-4-5-12(19)8-13(10)18/h4-8H,3,9H2,1-2H3. The molecule has 0 radical (unpaired) electrons. The van der Waals surface area contributed by atoms with Crippen LogP contribution in [0, 0.1) is 9.39 Å². The van der Waals surface area contributed by atoms with Gasteiger partial charge >= 0.3 is 5.97 Å². The van der Waals surface area contributed by atoms with Gasteiger partial charge in [-0.25, -0.2) is 9.18 Å². The van der Waals surface area contributed by atoms with Gasteiger partial charge in [0, 0.05) is 5.56 Å². The Kier molecular flexibility index (Phi) is 6.68. The van der Waals surface area contributed by atoms with E-state index in [0.29, 0.717) is 32.8 Å². The van der Waals surface area contributed by atoms with Crippen LogP contribution in [0.5, 0.6) is 11.5 Å². The molecule has 0 aliphatic carbocycles. The highest BCUT2D eigenvalue weighted by Crippen LogP contribution is 2.35. The topological polar surface area (TPSA) is 44.8 Å². The van der Waals surface area contributed by atoms with Crippen molar-refractivity contribution in [1.82, 2.24) is 0 Å². The Morgan fingerprint density at radius 3 is 2.62 bits per heavy atom. The van der Waals surface area contributed by atoms with E-state index in [-0.39, 0.29) is 11.6 Å². The zero-order valence-electron chi connectivity index (χ0n) is 13.1. The number of carbonyl (C=O) groups excluding carboxylic acids is 1. The first-order chi connectivity index (χ1) is 11.5. The summed E-state index contributed by atoms with van der Waals surface area (Å²) < 4.78 is 29.9. The summed E-state index contributed by atoms with van der Waals surface area (Å²) in [5, 5.41) is 0.286. The predicted molar refractivity (Wildman–Crippen MR) is 97.4 cm³/mol. The smallest absolute Gasteiger partial charge is 0.338 e. The van der Waals surface area contributed by atoms with Crippen LogP contribution in [-0.2, 0) is 11.3 Å². The number of rotatable bonds is 6. The van der Waals surface area contributed by atoms with E-state index in [0.717, 1.165) is 0 Å². The molecule has 7 heteroatoms. The van der Waals surface area contributed by atoms with Crippen molar-refractivity contribution in [3.05, 3.63) is 55.9 Å². The van der Waals surface area contributed by atoms with E-state index < -0.39 is 11.8 Å². The molecule has 128 valence electrons. The van der Waals surface area contributed by atoms with Crippen LogP contribution in [0.2, 0.25) is 5.02 Å². The van der Waals surface area contributed by atoms with Crippen LogP contribution >= 0.6 is 34.2 Å².